The Hall–Kier alpha value is -2.89. The molecular formula is C66H118O6. The van der Waals surface area contributed by atoms with E-state index in [1.54, 1.807) is 0 Å². The number of rotatable bonds is 57. The van der Waals surface area contributed by atoms with Crippen molar-refractivity contribution in [2.75, 3.05) is 13.2 Å². The molecule has 0 N–H and O–H groups in total. The molecule has 418 valence electrons. The highest BCUT2D eigenvalue weighted by Gasteiger charge is 2.19. The topological polar surface area (TPSA) is 78.9 Å². The standard InChI is InChI=1S/C66H118O6/c1-4-7-10-13-16-19-22-25-28-30-31-32-33-34-35-36-39-41-44-47-50-53-56-59-65(68)71-62-63(61-70-64(67)58-55-52-49-46-43-40-37-27-24-21-18-15-12-9-6-3)72-66(69)60-57-54-51-48-45-42-38-29-26-23-20-17-14-11-8-5-2/h20,22-23,25,27,29-31,37-38,63H,4-19,21,24,26,28,32-36,39-62H2,1-3H3/b23-20-,25-22-,31-30-,37-27-,38-29-. The van der Waals surface area contributed by atoms with Crippen LogP contribution in [0.3, 0.4) is 0 Å². The first-order valence-corrected chi connectivity index (χ1v) is 31.3. The van der Waals surface area contributed by atoms with Crippen LogP contribution in [0.15, 0.2) is 60.8 Å². The van der Waals surface area contributed by atoms with Crippen LogP contribution in [0.25, 0.3) is 0 Å². The highest BCUT2D eigenvalue weighted by molar-refractivity contribution is 5.71. The molecule has 6 nitrogen and oxygen atoms in total. The van der Waals surface area contributed by atoms with Gasteiger partial charge in [0.05, 0.1) is 0 Å². The Morgan fingerprint density at radius 2 is 0.500 bits per heavy atom. The molecular weight excluding hydrogens is 889 g/mol. The van der Waals surface area contributed by atoms with E-state index >= 15 is 0 Å². The van der Waals surface area contributed by atoms with E-state index in [1.165, 1.54) is 186 Å². The van der Waals surface area contributed by atoms with E-state index in [2.05, 4.69) is 81.5 Å². The van der Waals surface area contributed by atoms with Crippen molar-refractivity contribution in [2.45, 2.75) is 329 Å². The van der Waals surface area contributed by atoms with Crippen LogP contribution in [0.1, 0.15) is 323 Å². The summed E-state index contributed by atoms with van der Waals surface area (Å²) in [5.41, 5.74) is 0. The van der Waals surface area contributed by atoms with Crippen LogP contribution in [0.2, 0.25) is 0 Å². The number of carbonyl (C=O) groups is 3. The number of hydrogen-bond donors (Lipinski definition) is 0. The van der Waals surface area contributed by atoms with E-state index in [0.717, 1.165) is 96.3 Å². The monoisotopic (exact) mass is 1010 g/mol. The zero-order valence-corrected chi connectivity index (χ0v) is 47.9. The molecule has 0 radical (unpaired) electrons. The van der Waals surface area contributed by atoms with Crippen molar-refractivity contribution in [3.63, 3.8) is 0 Å². The van der Waals surface area contributed by atoms with Crippen molar-refractivity contribution in [3.05, 3.63) is 60.8 Å². The summed E-state index contributed by atoms with van der Waals surface area (Å²) < 4.78 is 16.9. The lowest BCUT2D eigenvalue weighted by molar-refractivity contribution is -0.167. The average Bonchev–Trinajstić information content (AvgIpc) is 3.38. The molecule has 0 aromatic heterocycles. The summed E-state index contributed by atoms with van der Waals surface area (Å²) in [6.45, 7) is 6.62. The number of unbranched alkanes of at least 4 members (excludes halogenated alkanes) is 36. The minimum absolute atomic E-state index is 0.0822. The van der Waals surface area contributed by atoms with Crippen LogP contribution in [0.4, 0.5) is 0 Å². The average molecular weight is 1010 g/mol. The van der Waals surface area contributed by atoms with Crippen molar-refractivity contribution in [2.24, 2.45) is 0 Å². The van der Waals surface area contributed by atoms with Gasteiger partial charge in [0, 0.05) is 19.3 Å². The number of hydrogen-bond acceptors (Lipinski definition) is 6. The van der Waals surface area contributed by atoms with Gasteiger partial charge in [-0.2, -0.15) is 0 Å². The van der Waals surface area contributed by atoms with Gasteiger partial charge in [-0.3, -0.25) is 14.4 Å². The Labute approximate surface area is 447 Å². The molecule has 1 atom stereocenters. The molecule has 1 unspecified atom stereocenters. The van der Waals surface area contributed by atoms with Gasteiger partial charge >= 0.3 is 17.9 Å². The van der Waals surface area contributed by atoms with Crippen LogP contribution >= 0.6 is 0 Å². The van der Waals surface area contributed by atoms with Crippen molar-refractivity contribution in [1.29, 1.82) is 0 Å². The molecule has 0 amide bonds. The summed E-state index contributed by atoms with van der Waals surface area (Å²) in [6.07, 6.45) is 76.4. The zero-order valence-electron chi connectivity index (χ0n) is 47.9. The first kappa shape index (κ1) is 69.1. The zero-order chi connectivity index (χ0) is 52.2. The number of carbonyl (C=O) groups excluding carboxylic acids is 3. The minimum atomic E-state index is -0.786. The second-order valence-electron chi connectivity index (χ2n) is 21.0. The molecule has 0 aliphatic carbocycles. The third-order valence-electron chi connectivity index (χ3n) is 13.7. The van der Waals surface area contributed by atoms with Crippen molar-refractivity contribution < 1.29 is 28.6 Å². The fourth-order valence-electron chi connectivity index (χ4n) is 8.97. The molecule has 0 saturated heterocycles. The Balaban J connectivity index is 4.34. The summed E-state index contributed by atoms with van der Waals surface area (Å²) in [7, 11) is 0. The highest BCUT2D eigenvalue weighted by Crippen LogP contribution is 2.16. The smallest absolute Gasteiger partial charge is 0.306 e. The third-order valence-corrected chi connectivity index (χ3v) is 13.7. The van der Waals surface area contributed by atoms with Gasteiger partial charge in [0.25, 0.3) is 0 Å². The largest absolute Gasteiger partial charge is 0.462 e. The van der Waals surface area contributed by atoms with E-state index < -0.39 is 6.10 Å². The SMILES string of the molecule is CCCCCC/C=C\C/C=C\CCCCCCCC(=O)OC(COC(=O)CCCCCCC/C=C\CCCCCCCC)COC(=O)CCCCCCCCCCCCC/C=C\C/C=C\CCCCCCC. The van der Waals surface area contributed by atoms with Crippen LogP contribution < -0.4 is 0 Å². The Bertz CT molecular complexity index is 1290. The van der Waals surface area contributed by atoms with Gasteiger partial charge in [-0.25, -0.2) is 0 Å². The van der Waals surface area contributed by atoms with Gasteiger partial charge in [-0.1, -0.05) is 255 Å². The van der Waals surface area contributed by atoms with Crippen LogP contribution in [0.5, 0.6) is 0 Å². The van der Waals surface area contributed by atoms with Gasteiger partial charge < -0.3 is 14.2 Å². The second kappa shape index (κ2) is 60.7. The van der Waals surface area contributed by atoms with E-state index in [-0.39, 0.29) is 31.1 Å². The molecule has 0 saturated carbocycles. The molecule has 0 aliphatic rings. The van der Waals surface area contributed by atoms with Gasteiger partial charge in [0.1, 0.15) is 13.2 Å². The fraction of sp³-hybridized carbons (Fsp3) is 0.803. The summed E-state index contributed by atoms with van der Waals surface area (Å²) >= 11 is 0. The van der Waals surface area contributed by atoms with Gasteiger partial charge in [-0.05, 0) is 109 Å². The lowest BCUT2D eigenvalue weighted by Crippen LogP contribution is -2.30. The maximum absolute atomic E-state index is 12.9. The Morgan fingerprint density at radius 1 is 0.278 bits per heavy atom. The van der Waals surface area contributed by atoms with Crippen LogP contribution in [0, 0.1) is 0 Å². The third kappa shape index (κ3) is 58.0. The quantitative estimate of drug-likeness (QED) is 0.0261. The maximum atomic E-state index is 12.9. The van der Waals surface area contributed by atoms with Crippen molar-refractivity contribution in [3.8, 4) is 0 Å². The molecule has 0 fully saturated rings. The van der Waals surface area contributed by atoms with Gasteiger partial charge in [0.2, 0.25) is 0 Å². The van der Waals surface area contributed by atoms with E-state index in [9.17, 15) is 14.4 Å². The predicted octanol–water partition coefficient (Wildman–Crippen LogP) is 21.2. The minimum Gasteiger partial charge on any atom is -0.462 e. The number of allylic oxidation sites excluding steroid dienone is 10. The van der Waals surface area contributed by atoms with E-state index in [1.807, 2.05) is 0 Å². The van der Waals surface area contributed by atoms with Gasteiger partial charge in [-0.15, -0.1) is 0 Å². The van der Waals surface area contributed by atoms with E-state index in [4.69, 9.17) is 14.2 Å². The Morgan fingerprint density at radius 3 is 0.792 bits per heavy atom. The lowest BCUT2D eigenvalue weighted by atomic mass is 10.0. The van der Waals surface area contributed by atoms with Crippen molar-refractivity contribution in [1.82, 2.24) is 0 Å². The lowest BCUT2D eigenvalue weighted by Gasteiger charge is -2.18. The molecule has 0 aromatic carbocycles. The first-order valence-electron chi connectivity index (χ1n) is 31.3. The molecule has 0 rings (SSSR count). The fourth-order valence-corrected chi connectivity index (χ4v) is 8.97. The summed E-state index contributed by atoms with van der Waals surface area (Å²) in [5, 5.41) is 0. The van der Waals surface area contributed by atoms with Gasteiger partial charge in [0.15, 0.2) is 6.10 Å². The Kier molecular flexibility index (Phi) is 58.2. The molecule has 72 heavy (non-hydrogen) atoms. The predicted molar refractivity (Wildman–Crippen MR) is 312 cm³/mol. The first-order chi connectivity index (χ1) is 35.5. The van der Waals surface area contributed by atoms with Crippen LogP contribution in [-0.2, 0) is 28.6 Å². The maximum Gasteiger partial charge on any atom is 0.306 e. The highest BCUT2D eigenvalue weighted by atomic mass is 16.6. The van der Waals surface area contributed by atoms with E-state index in [0.29, 0.717) is 19.3 Å². The molecule has 0 aliphatic heterocycles. The molecule has 0 aromatic rings. The molecule has 0 bridgehead atoms. The van der Waals surface area contributed by atoms with Crippen molar-refractivity contribution >= 4 is 17.9 Å². The van der Waals surface area contributed by atoms with Crippen LogP contribution in [-0.4, -0.2) is 37.2 Å². The molecule has 0 heterocycles. The second-order valence-corrected chi connectivity index (χ2v) is 21.0. The summed E-state index contributed by atoms with van der Waals surface area (Å²) in [6, 6.07) is 0. The normalized spacial score (nSPS) is 12.4. The molecule has 6 heteroatoms. The summed E-state index contributed by atoms with van der Waals surface area (Å²) in [5.74, 6) is -0.892. The number of ether oxygens (including phenoxy) is 3. The summed E-state index contributed by atoms with van der Waals surface area (Å²) in [4.78, 5) is 38.3. The molecule has 0 spiro atoms. The number of esters is 3.